The van der Waals surface area contributed by atoms with Crippen molar-refractivity contribution >= 4 is 29.7 Å². The third kappa shape index (κ3) is 37.9. The van der Waals surface area contributed by atoms with Crippen molar-refractivity contribution in [2.24, 2.45) is 10.4 Å². The Labute approximate surface area is 515 Å². The van der Waals surface area contributed by atoms with Crippen molar-refractivity contribution in [3.63, 3.8) is 0 Å². The molecule has 1 saturated heterocycles. The summed E-state index contributed by atoms with van der Waals surface area (Å²) in [6, 6.07) is 6.31. The lowest BCUT2D eigenvalue weighted by Crippen LogP contribution is -2.52. The number of ether oxygens (including phenoxy) is 14. The molecule has 1 unspecified atom stereocenters. The minimum Gasteiger partial charge on any atom is -0.491 e. The maximum Gasteiger partial charge on any atom is 0.321 e. The van der Waals surface area contributed by atoms with Crippen LogP contribution in [0.4, 0.5) is 13.2 Å². The summed E-state index contributed by atoms with van der Waals surface area (Å²) in [6.07, 6.45) is -0.152. The summed E-state index contributed by atoms with van der Waals surface area (Å²) in [5, 5.41) is 24.9. The fraction of sp³-hybridized carbons (Fsp3) is 0.702. The molecule has 3 rings (SSSR count). The molecule has 1 heterocycles. The number of esters is 1. The molecule has 1 aliphatic heterocycles. The van der Waals surface area contributed by atoms with Gasteiger partial charge in [-0.25, -0.2) is 8.78 Å². The molecule has 0 saturated carbocycles. The van der Waals surface area contributed by atoms with Gasteiger partial charge in [0.05, 0.1) is 185 Å². The van der Waals surface area contributed by atoms with E-state index in [4.69, 9.17) is 66.3 Å². The van der Waals surface area contributed by atoms with Gasteiger partial charge in [0.25, 0.3) is 11.8 Å². The second kappa shape index (κ2) is 50.0. The van der Waals surface area contributed by atoms with Crippen LogP contribution in [0.25, 0.3) is 0 Å². The Balaban J connectivity index is 1.07. The number of aliphatic carboxylic acids is 2. The minimum absolute atomic E-state index is 0.0478. The highest BCUT2D eigenvalue weighted by atomic mass is 19.2. The number of nitroso groups, excluding NO2 is 2. The van der Waals surface area contributed by atoms with Crippen LogP contribution in [0.5, 0.6) is 11.5 Å². The first-order valence-corrected chi connectivity index (χ1v) is 29.3. The lowest BCUT2D eigenvalue weighted by molar-refractivity contribution is -0.144. The number of amides is 2. The zero-order valence-electron chi connectivity index (χ0n) is 50.6. The number of carbonyl (C=O) groups excluding carboxylic acids is 3. The summed E-state index contributed by atoms with van der Waals surface area (Å²) in [4.78, 5) is 88.6. The van der Waals surface area contributed by atoms with Crippen LogP contribution < -0.4 is 9.47 Å². The number of hydrogen-bond acceptors (Lipinski definition) is 25. The van der Waals surface area contributed by atoms with Crippen LogP contribution in [0.1, 0.15) is 17.5 Å². The summed E-state index contributed by atoms with van der Waals surface area (Å²) < 4.78 is 117. The standard InChI is InChI=1S/C57H87F3N6O23/c1-45-48(58)41-49(59)55(60)56(45)89-54(71)6-15-76-16-17-77-18-19-78-20-21-79-22-23-80-24-25-81-26-27-82-28-29-83-30-31-84-32-33-85-34-35-86-36-37-87-38-39-88-47-4-2-46(3-5-47)40-50(57(72)73)66-13-11-64(43-52(68)62-75)8-7-63(42-51(67)61-74)9-10-65(12-14-66)44-53(69)70/h2-5,41,50H,6-40,42-44H2,1H3,(H,69,70)(H,72,73). The number of carboxylic acids is 2. The Hall–Kier alpha value is -5.66. The molecular weight excluding hydrogens is 1190 g/mol. The summed E-state index contributed by atoms with van der Waals surface area (Å²) in [7, 11) is 0. The van der Waals surface area contributed by atoms with Crippen LogP contribution in [-0.2, 0) is 87.2 Å². The third-order valence-corrected chi connectivity index (χ3v) is 12.8. The molecule has 0 bridgehead atoms. The zero-order chi connectivity index (χ0) is 64.5. The molecule has 0 aromatic heterocycles. The highest BCUT2D eigenvalue weighted by molar-refractivity contribution is 5.79. The van der Waals surface area contributed by atoms with Crippen molar-refractivity contribution in [2.45, 2.75) is 25.8 Å². The van der Waals surface area contributed by atoms with Gasteiger partial charge in [-0.2, -0.15) is 4.39 Å². The first-order chi connectivity index (χ1) is 43.2. The minimum atomic E-state index is -1.45. The monoisotopic (exact) mass is 1280 g/mol. The van der Waals surface area contributed by atoms with Gasteiger partial charge in [-0.15, -0.1) is 9.81 Å². The van der Waals surface area contributed by atoms with Gasteiger partial charge < -0.3 is 76.5 Å². The second-order valence-corrected chi connectivity index (χ2v) is 19.5. The largest absolute Gasteiger partial charge is 0.491 e. The van der Waals surface area contributed by atoms with Crippen molar-refractivity contribution in [1.29, 1.82) is 0 Å². The fourth-order valence-electron chi connectivity index (χ4n) is 8.13. The maximum atomic E-state index is 13.8. The maximum absolute atomic E-state index is 13.8. The topological polar surface area (TPSA) is 327 Å². The molecule has 1 fully saturated rings. The van der Waals surface area contributed by atoms with E-state index in [0.29, 0.717) is 156 Å². The summed E-state index contributed by atoms with van der Waals surface area (Å²) in [5.41, 5.74) is 0.392. The Morgan fingerprint density at radius 3 is 1.16 bits per heavy atom. The average molecular weight is 1280 g/mol. The van der Waals surface area contributed by atoms with Crippen LogP contribution >= 0.6 is 0 Å². The van der Waals surface area contributed by atoms with Crippen molar-refractivity contribution < 1.29 is 114 Å². The Morgan fingerprint density at radius 2 is 0.809 bits per heavy atom. The molecule has 0 radical (unpaired) electrons. The summed E-state index contributed by atoms with van der Waals surface area (Å²) in [5.74, 6) is -9.07. The van der Waals surface area contributed by atoms with Gasteiger partial charge in [0.1, 0.15) is 24.2 Å². The van der Waals surface area contributed by atoms with Crippen molar-refractivity contribution in [2.75, 3.05) is 237 Å². The number of carboxylic acid groups (broad SMARTS) is 2. The van der Waals surface area contributed by atoms with Crippen molar-refractivity contribution in [1.82, 2.24) is 19.6 Å². The second-order valence-electron chi connectivity index (χ2n) is 19.5. The SMILES string of the molecule is Cc1c(F)cc(F)c(F)c1OC(=O)CCOCCOCCOCCOCCOCCOCCOCCOCCOCCOCCOCCOCCOc1ccc(CC(C(=O)O)N2CCN(CC(=O)O)CCN(CC(=O)N=O)CCN(CC(=O)N=O)CC2)cc1. The fourth-order valence-corrected chi connectivity index (χ4v) is 8.13. The van der Waals surface area contributed by atoms with Crippen LogP contribution in [0.15, 0.2) is 40.7 Å². The van der Waals surface area contributed by atoms with E-state index < -0.39 is 59.0 Å². The van der Waals surface area contributed by atoms with Gasteiger partial charge in [0.15, 0.2) is 11.6 Å². The van der Waals surface area contributed by atoms with Crippen LogP contribution in [0.2, 0.25) is 0 Å². The summed E-state index contributed by atoms with van der Waals surface area (Å²) >= 11 is 0. The van der Waals surface area contributed by atoms with Gasteiger partial charge in [-0.3, -0.25) is 43.6 Å². The molecule has 2 N–H and O–H groups in total. The van der Waals surface area contributed by atoms with E-state index in [1.165, 1.54) is 6.92 Å². The average Bonchev–Trinajstić information content (AvgIpc) is 3.54. The van der Waals surface area contributed by atoms with E-state index in [0.717, 1.165) is 0 Å². The molecule has 32 heteroatoms. The third-order valence-electron chi connectivity index (χ3n) is 12.8. The van der Waals surface area contributed by atoms with Crippen LogP contribution in [0.3, 0.4) is 0 Å². The lowest BCUT2D eigenvalue weighted by atomic mass is 10.0. The van der Waals surface area contributed by atoms with Gasteiger partial charge in [0, 0.05) is 74.3 Å². The molecule has 2 aromatic carbocycles. The highest BCUT2D eigenvalue weighted by Gasteiger charge is 2.29. The van der Waals surface area contributed by atoms with Gasteiger partial charge in [0.2, 0.25) is 5.82 Å². The molecule has 2 aromatic rings. The predicted octanol–water partition coefficient (Wildman–Crippen LogP) is 1.87. The number of hydrogen-bond donors (Lipinski definition) is 2. The summed E-state index contributed by atoms with van der Waals surface area (Å²) in [6.45, 7) is 10.2. The van der Waals surface area contributed by atoms with E-state index in [1.54, 1.807) is 43.9 Å². The van der Waals surface area contributed by atoms with Crippen molar-refractivity contribution in [3.05, 3.63) is 68.7 Å². The Bertz CT molecular complexity index is 2280. The smallest absolute Gasteiger partial charge is 0.321 e. The number of carbonyl (C=O) groups is 5. The molecule has 2 amide bonds. The van der Waals surface area contributed by atoms with E-state index in [2.05, 4.69) is 10.4 Å². The van der Waals surface area contributed by atoms with Crippen molar-refractivity contribution in [3.8, 4) is 11.5 Å². The number of benzene rings is 2. The van der Waals surface area contributed by atoms with Crippen LogP contribution in [-0.4, -0.2) is 303 Å². The Morgan fingerprint density at radius 1 is 0.472 bits per heavy atom. The quantitative estimate of drug-likeness (QED) is 0.0314. The zero-order valence-corrected chi connectivity index (χ0v) is 50.6. The van der Waals surface area contributed by atoms with Gasteiger partial charge >= 0.3 is 17.9 Å². The molecule has 1 aliphatic rings. The first kappa shape index (κ1) is 77.6. The molecule has 29 nitrogen and oxygen atoms in total. The van der Waals surface area contributed by atoms with Crippen LogP contribution in [0, 0.1) is 34.2 Å². The number of halogens is 3. The van der Waals surface area contributed by atoms with E-state index in [1.807, 2.05) is 0 Å². The van der Waals surface area contributed by atoms with E-state index in [9.17, 15) is 57.2 Å². The predicted molar refractivity (Wildman–Crippen MR) is 308 cm³/mol. The van der Waals surface area contributed by atoms with E-state index in [-0.39, 0.29) is 117 Å². The molecule has 0 aliphatic carbocycles. The molecule has 89 heavy (non-hydrogen) atoms. The molecule has 1 atom stereocenters. The first-order valence-electron chi connectivity index (χ1n) is 29.3. The molecule has 504 valence electrons. The highest BCUT2D eigenvalue weighted by Crippen LogP contribution is 2.27. The number of rotatable bonds is 51. The number of nitrogens with zero attached hydrogens (tertiary/aromatic N) is 6. The van der Waals surface area contributed by atoms with Gasteiger partial charge in [-0.1, -0.05) is 12.1 Å². The van der Waals surface area contributed by atoms with Gasteiger partial charge in [-0.05, 0) is 31.0 Å². The lowest BCUT2D eigenvalue weighted by Gasteiger charge is -2.35. The Kier molecular flexibility index (Phi) is 43.6. The normalized spacial score (nSPS) is 14.4. The molecule has 0 spiro atoms. The van der Waals surface area contributed by atoms with E-state index >= 15 is 0 Å². The molecular formula is C57H87F3N6O23.